The zero-order valence-electron chi connectivity index (χ0n) is 7.82. The maximum absolute atomic E-state index is 10.4. The molecule has 0 fully saturated rings. The summed E-state index contributed by atoms with van der Waals surface area (Å²) in [5.74, 6) is 0. The molecule has 2 amide bonds. The minimum Gasteiger partial charge on any atom is -0.399 e. The maximum atomic E-state index is 10.4. The molecule has 0 aliphatic heterocycles. The summed E-state index contributed by atoms with van der Waals surface area (Å²) in [6.45, 7) is 1.77. The molecule has 1 aromatic rings. The molecule has 0 unspecified atom stereocenters. The van der Waals surface area contributed by atoms with Crippen molar-refractivity contribution in [1.82, 2.24) is 5.43 Å². The Morgan fingerprint density at radius 2 is 1.93 bits per heavy atom. The van der Waals surface area contributed by atoms with Gasteiger partial charge in [0.25, 0.3) is 0 Å². The van der Waals surface area contributed by atoms with Crippen LogP contribution >= 0.6 is 0 Å². The molecule has 0 saturated carbocycles. The van der Waals surface area contributed by atoms with E-state index in [4.69, 9.17) is 11.5 Å². The Balaban J connectivity index is 2.78. The van der Waals surface area contributed by atoms with Crippen molar-refractivity contribution in [1.29, 1.82) is 0 Å². The molecular weight excluding hydrogens is 180 g/mol. The van der Waals surface area contributed by atoms with Gasteiger partial charge >= 0.3 is 6.03 Å². The van der Waals surface area contributed by atoms with Crippen LogP contribution in [-0.4, -0.2) is 11.7 Å². The number of amides is 2. The SMILES string of the molecule is C/C(=N/NC(N)=O)c1ccc(N)cc1. The number of primary amides is 1. The first-order chi connectivity index (χ1) is 6.59. The summed E-state index contributed by atoms with van der Waals surface area (Å²) in [7, 11) is 0. The van der Waals surface area contributed by atoms with Crippen LogP contribution in [0.3, 0.4) is 0 Å². The summed E-state index contributed by atoms with van der Waals surface area (Å²) in [5.41, 5.74) is 14.8. The van der Waals surface area contributed by atoms with Crippen molar-refractivity contribution >= 4 is 17.4 Å². The molecule has 0 aliphatic rings. The van der Waals surface area contributed by atoms with Crippen molar-refractivity contribution < 1.29 is 4.79 Å². The summed E-state index contributed by atoms with van der Waals surface area (Å²) in [4.78, 5) is 10.4. The number of urea groups is 1. The van der Waals surface area contributed by atoms with E-state index in [1.807, 2.05) is 12.1 Å². The van der Waals surface area contributed by atoms with E-state index < -0.39 is 6.03 Å². The Morgan fingerprint density at radius 1 is 1.36 bits per heavy atom. The molecule has 0 radical (unpaired) electrons. The zero-order chi connectivity index (χ0) is 10.6. The molecule has 0 saturated heterocycles. The topological polar surface area (TPSA) is 93.5 Å². The second-order valence-electron chi connectivity index (χ2n) is 2.80. The van der Waals surface area contributed by atoms with Crippen LogP contribution in [-0.2, 0) is 0 Å². The van der Waals surface area contributed by atoms with Crippen LogP contribution in [0, 0.1) is 0 Å². The quantitative estimate of drug-likeness (QED) is 0.365. The Morgan fingerprint density at radius 3 is 2.43 bits per heavy atom. The number of nitrogens with zero attached hydrogens (tertiary/aromatic N) is 1. The zero-order valence-corrected chi connectivity index (χ0v) is 7.82. The van der Waals surface area contributed by atoms with E-state index in [9.17, 15) is 4.79 Å². The fraction of sp³-hybridized carbons (Fsp3) is 0.111. The van der Waals surface area contributed by atoms with Crippen LogP contribution in [0.2, 0.25) is 0 Å². The van der Waals surface area contributed by atoms with Gasteiger partial charge in [-0.3, -0.25) is 0 Å². The van der Waals surface area contributed by atoms with Gasteiger partial charge in [-0.2, -0.15) is 5.10 Å². The molecule has 0 spiro atoms. The Hall–Kier alpha value is -2.04. The van der Waals surface area contributed by atoms with Crippen LogP contribution in [0.25, 0.3) is 0 Å². The van der Waals surface area contributed by atoms with Gasteiger partial charge in [0.15, 0.2) is 0 Å². The fourth-order valence-electron chi connectivity index (χ4n) is 0.928. The third-order valence-electron chi connectivity index (χ3n) is 1.66. The van der Waals surface area contributed by atoms with Crippen LogP contribution in [0.1, 0.15) is 12.5 Å². The number of nitrogens with two attached hydrogens (primary N) is 2. The third-order valence-corrected chi connectivity index (χ3v) is 1.66. The highest BCUT2D eigenvalue weighted by molar-refractivity contribution is 5.99. The average Bonchev–Trinajstić information content (AvgIpc) is 2.15. The number of hydrazone groups is 1. The molecule has 0 bridgehead atoms. The van der Waals surface area contributed by atoms with E-state index in [2.05, 4.69) is 10.5 Å². The number of carbonyl (C=O) groups excluding carboxylic acids is 1. The number of hydrogen-bond donors (Lipinski definition) is 3. The summed E-state index contributed by atoms with van der Waals surface area (Å²) in [5, 5.41) is 3.77. The fourth-order valence-corrected chi connectivity index (χ4v) is 0.928. The van der Waals surface area contributed by atoms with Crippen molar-refractivity contribution in [3.8, 4) is 0 Å². The third kappa shape index (κ3) is 2.78. The molecule has 5 nitrogen and oxygen atoms in total. The lowest BCUT2D eigenvalue weighted by molar-refractivity contribution is 0.249. The lowest BCUT2D eigenvalue weighted by Gasteiger charge is -2.00. The number of hydrogen-bond acceptors (Lipinski definition) is 3. The highest BCUT2D eigenvalue weighted by Gasteiger charge is 1.96. The number of benzene rings is 1. The molecule has 5 N–H and O–H groups in total. The van der Waals surface area contributed by atoms with Crippen LogP contribution in [0.4, 0.5) is 10.5 Å². The van der Waals surface area contributed by atoms with Gasteiger partial charge in [-0.25, -0.2) is 10.2 Å². The van der Waals surface area contributed by atoms with Crippen molar-refractivity contribution in [2.75, 3.05) is 5.73 Å². The van der Waals surface area contributed by atoms with Gasteiger partial charge in [-0.05, 0) is 24.6 Å². The van der Waals surface area contributed by atoms with E-state index in [1.54, 1.807) is 19.1 Å². The smallest absolute Gasteiger partial charge is 0.332 e. The van der Waals surface area contributed by atoms with Gasteiger partial charge in [0.1, 0.15) is 0 Å². The van der Waals surface area contributed by atoms with Crippen LogP contribution < -0.4 is 16.9 Å². The number of nitrogen functional groups attached to an aromatic ring is 1. The van der Waals surface area contributed by atoms with Crippen LogP contribution in [0.5, 0.6) is 0 Å². The molecule has 74 valence electrons. The number of rotatable bonds is 2. The van der Waals surface area contributed by atoms with E-state index >= 15 is 0 Å². The van der Waals surface area contributed by atoms with Gasteiger partial charge in [0, 0.05) is 5.69 Å². The summed E-state index contributed by atoms with van der Waals surface area (Å²) < 4.78 is 0. The number of carbonyl (C=O) groups is 1. The van der Waals surface area contributed by atoms with Crippen LogP contribution in [0.15, 0.2) is 29.4 Å². The minimum absolute atomic E-state index is 0.670. The van der Waals surface area contributed by atoms with Gasteiger partial charge in [-0.15, -0.1) is 0 Å². The Kier molecular flexibility index (Phi) is 3.06. The first-order valence-corrected chi connectivity index (χ1v) is 4.05. The normalized spacial score (nSPS) is 11.1. The van der Waals surface area contributed by atoms with Gasteiger partial charge in [0.2, 0.25) is 0 Å². The monoisotopic (exact) mass is 192 g/mol. The molecule has 0 aromatic heterocycles. The van der Waals surface area contributed by atoms with E-state index in [-0.39, 0.29) is 0 Å². The molecule has 1 rings (SSSR count). The summed E-state index contributed by atoms with van der Waals surface area (Å²) in [6, 6.07) is 6.48. The maximum Gasteiger partial charge on any atom is 0.332 e. The molecule has 0 atom stereocenters. The second-order valence-corrected chi connectivity index (χ2v) is 2.80. The first kappa shape index (κ1) is 10.0. The highest BCUT2D eigenvalue weighted by Crippen LogP contribution is 2.06. The van der Waals surface area contributed by atoms with Gasteiger partial charge in [0.05, 0.1) is 5.71 Å². The molecule has 0 heterocycles. The predicted octanol–water partition coefficient (Wildman–Crippen LogP) is 0.661. The van der Waals surface area contributed by atoms with E-state index in [1.165, 1.54) is 0 Å². The predicted molar refractivity (Wildman–Crippen MR) is 55.8 cm³/mol. The molecular formula is C9H12N4O. The van der Waals surface area contributed by atoms with Crippen molar-refractivity contribution in [3.63, 3.8) is 0 Å². The summed E-state index contributed by atoms with van der Waals surface area (Å²) >= 11 is 0. The summed E-state index contributed by atoms with van der Waals surface area (Å²) in [6.07, 6.45) is 0. The van der Waals surface area contributed by atoms with Crippen molar-refractivity contribution in [2.24, 2.45) is 10.8 Å². The number of nitrogens with one attached hydrogen (secondary N) is 1. The molecule has 5 heteroatoms. The van der Waals surface area contributed by atoms with Gasteiger partial charge in [-0.1, -0.05) is 12.1 Å². The first-order valence-electron chi connectivity index (χ1n) is 4.05. The lowest BCUT2D eigenvalue weighted by atomic mass is 10.1. The average molecular weight is 192 g/mol. The molecule has 14 heavy (non-hydrogen) atoms. The second kappa shape index (κ2) is 4.27. The largest absolute Gasteiger partial charge is 0.399 e. The van der Waals surface area contributed by atoms with Gasteiger partial charge < -0.3 is 11.5 Å². The van der Waals surface area contributed by atoms with Crippen molar-refractivity contribution in [2.45, 2.75) is 6.92 Å². The Bertz CT molecular complexity index is 356. The number of anilines is 1. The standard InChI is InChI=1S/C9H12N4O/c1-6(12-13-9(11)14)7-2-4-8(10)5-3-7/h2-5H,10H2,1H3,(H3,11,13,14)/b12-6-. The molecule has 1 aromatic carbocycles. The van der Waals surface area contributed by atoms with E-state index in [0.717, 1.165) is 5.56 Å². The van der Waals surface area contributed by atoms with Crippen molar-refractivity contribution in [3.05, 3.63) is 29.8 Å². The van der Waals surface area contributed by atoms with E-state index in [0.29, 0.717) is 11.4 Å². The lowest BCUT2D eigenvalue weighted by Crippen LogP contribution is -2.25. The Labute approximate surface area is 81.8 Å². The minimum atomic E-state index is -0.681. The molecule has 0 aliphatic carbocycles. The highest BCUT2D eigenvalue weighted by atomic mass is 16.2.